The molecule has 1 aliphatic heterocycles. The van der Waals surface area contributed by atoms with Gasteiger partial charge in [-0.1, -0.05) is 18.5 Å². The quantitative estimate of drug-likeness (QED) is 0.917. The third kappa shape index (κ3) is 2.41. The summed E-state index contributed by atoms with van der Waals surface area (Å²) in [7, 11) is 3.29. The zero-order valence-corrected chi connectivity index (χ0v) is 12.9. The van der Waals surface area contributed by atoms with E-state index in [1.165, 1.54) is 17.5 Å². The Kier molecular flexibility index (Phi) is 4.26. The molecule has 1 N–H and O–H groups in total. The molecule has 4 heteroatoms. The second-order valence-corrected chi connectivity index (χ2v) is 5.57. The molecule has 3 nitrogen and oxygen atoms in total. The van der Waals surface area contributed by atoms with Gasteiger partial charge < -0.3 is 14.8 Å². The number of hydrogen-bond acceptors (Lipinski definition) is 3. The summed E-state index contributed by atoms with van der Waals surface area (Å²) < 4.78 is 10.9. The van der Waals surface area contributed by atoms with E-state index in [1.807, 2.05) is 6.07 Å². The van der Waals surface area contributed by atoms with E-state index in [-0.39, 0.29) is 5.54 Å². The van der Waals surface area contributed by atoms with Gasteiger partial charge >= 0.3 is 0 Å². The van der Waals surface area contributed by atoms with Gasteiger partial charge in [-0.05, 0) is 44.4 Å². The zero-order valence-electron chi connectivity index (χ0n) is 12.1. The maximum Gasteiger partial charge on any atom is 0.179 e. The van der Waals surface area contributed by atoms with Crippen LogP contribution in [0.2, 0.25) is 5.02 Å². The van der Waals surface area contributed by atoms with Gasteiger partial charge in [0.2, 0.25) is 0 Å². The molecule has 1 aromatic carbocycles. The highest BCUT2D eigenvalue weighted by molar-refractivity contribution is 6.32. The molecule has 0 spiro atoms. The fourth-order valence-electron chi connectivity index (χ4n) is 3.02. The van der Waals surface area contributed by atoms with Gasteiger partial charge in [-0.15, -0.1) is 0 Å². The highest BCUT2D eigenvalue weighted by atomic mass is 35.5. The summed E-state index contributed by atoms with van der Waals surface area (Å²) in [5, 5.41) is 4.20. The maximum atomic E-state index is 6.35. The maximum absolute atomic E-state index is 6.35. The van der Waals surface area contributed by atoms with Gasteiger partial charge in [0.05, 0.1) is 19.2 Å². The number of rotatable bonds is 4. The summed E-state index contributed by atoms with van der Waals surface area (Å²) in [6.45, 7) is 5.41. The minimum absolute atomic E-state index is 0.0193. The molecule has 1 heterocycles. The zero-order chi connectivity index (χ0) is 14.0. The topological polar surface area (TPSA) is 30.5 Å². The summed E-state index contributed by atoms with van der Waals surface area (Å²) in [6, 6.07) is 2.03. The summed E-state index contributed by atoms with van der Waals surface area (Å²) in [6.07, 6.45) is 3.20. The predicted molar refractivity (Wildman–Crippen MR) is 78.5 cm³/mol. The molecule has 0 aliphatic carbocycles. The SMILES string of the molecule is CCc1c(C2(C)CCCN2)cc(Cl)c(OC)c1OC. The summed E-state index contributed by atoms with van der Waals surface area (Å²) in [5.41, 5.74) is 2.39. The van der Waals surface area contributed by atoms with Crippen molar-refractivity contribution in [1.82, 2.24) is 5.32 Å². The van der Waals surface area contributed by atoms with Gasteiger partial charge in [-0.3, -0.25) is 0 Å². The molecule has 1 fully saturated rings. The first-order chi connectivity index (χ1) is 9.07. The fraction of sp³-hybridized carbons (Fsp3) is 0.600. The number of halogens is 1. The fourth-order valence-corrected chi connectivity index (χ4v) is 3.29. The summed E-state index contributed by atoms with van der Waals surface area (Å²) in [4.78, 5) is 0. The number of nitrogens with one attached hydrogen (secondary N) is 1. The molecule has 2 rings (SSSR count). The first-order valence-electron chi connectivity index (χ1n) is 6.76. The van der Waals surface area contributed by atoms with E-state index in [0.29, 0.717) is 10.8 Å². The molecule has 0 radical (unpaired) electrons. The van der Waals surface area contributed by atoms with Crippen molar-refractivity contribution >= 4 is 11.6 Å². The Morgan fingerprint density at radius 3 is 2.47 bits per heavy atom. The Bertz CT molecular complexity index is 468. The predicted octanol–water partition coefficient (Wildman–Crippen LogP) is 3.52. The van der Waals surface area contributed by atoms with Gasteiger partial charge in [0, 0.05) is 11.1 Å². The van der Waals surface area contributed by atoms with E-state index < -0.39 is 0 Å². The molecule has 1 saturated heterocycles. The molecule has 0 saturated carbocycles. The summed E-state index contributed by atoms with van der Waals surface area (Å²) >= 11 is 6.35. The Morgan fingerprint density at radius 2 is 2.00 bits per heavy atom. The normalized spacial score (nSPS) is 22.6. The van der Waals surface area contributed by atoms with E-state index in [0.717, 1.165) is 25.1 Å². The van der Waals surface area contributed by atoms with Crippen molar-refractivity contribution in [1.29, 1.82) is 0 Å². The number of methoxy groups -OCH3 is 2. The minimum Gasteiger partial charge on any atom is -0.493 e. The monoisotopic (exact) mass is 283 g/mol. The Hall–Kier alpha value is -0.930. The van der Waals surface area contributed by atoms with Gasteiger partial charge in [-0.2, -0.15) is 0 Å². The molecule has 1 atom stereocenters. The largest absolute Gasteiger partial charge is 0.493 e. The number of benzene rings is 1. The number of hydrogen-bond donors (Lipinski definition) is 1. The molecule has 1 unspecified atom stereocenters. The number of ether oxygens (including phenoxy) is 2. The second-order valence-electron chi connectivity index (χ2n) is 5.17. The van der Waals surface area contributed by atoms with Gasteiger partial charge in [0.1, 0.15) is 0 Å². The highest BCUT2D eigenvalue weighted by Gasteiger charge is 2.34. The van der Waals surface area contributed by atoms with E-state index in [1.54, 1.807) is 14.2 Å². The molecule has 1 aliphatic rings. The van der Waals surface area contributed by atoms with Crippen molar-refractivity contribution in [2.24, 2.45) is 0 Å². The average Bonchev–Trinajstić information content (AvgIpc) is 2.85. The lowest BCUT2D eigenvalue weighted by Gasteiger charge is -2.29. The molecule has 19 heavy (non-hydrogen) atoms. The van der Waals surface area contributed by atoms with Crippen molar-refractivity contribution in [2.45, 2.75) is 38.6 Å². The van der Waals surface area contributed by atoms with Crippen LogP contribution in [-0.2, 0) is 12.0 Å². The van der Waals surface area contributed by atoms with Crippen LogP contribution in [0.25, 0.3) is 0 Å². The van der Waals surface area contributed by atoms with Crippen molar-refractivity contribution < 1.29 is 9.47 Å². The molecule has 0 bridgehead atoms. The van der Waals surface area contributed by atoms with Gasteiger partial charge in [0.25, 0.3) is 0 Å². The van der Waals surface area contributed by atoms with Crippen LogP contribution in [0.5, 0.6) is 11.5 Å². The Labute approximate surface area is 120 Å². The third-order valence-electron chi connectivity index (χ3n) is 4.02. The van der Waals surface area contributed by atoms with Crippen LogP contribution >= 0.6 is 11.6 Å². The third-order valence-corrected chi connectivity index (χ3v) is 4.30. The van der Waals surface area contributed by atoms with Crippen LogP contribution in [0.15, 0.2) is 6.07 Å². The Morgan fingerprint density at radius 1 is 1.32 bits per heavy atom. The lowest BCUT2D eigenvalue weighted by molar-refractivity contribution is 0.347. The van der Waals surface area contributed by atoms with Crippen LogP contribution in [-0.4, -0.2) is 20.8 Å². The highest BCUT2D eigenvalue weighted by Crippen LogP contribution is 2.45. The van der Waals surface area contributed by atoms with Crippen molar-refractivity contribution in [3.8, 4) is 11.5 Å². The van der Waals surface area contributed by atoms with E-state index >= 15 is 0 Å². The van der Waals surface area contributed by atoms with Crippen molar-refractivity contribution in [2.75, 3.05) is 20.8 Å². The first kappa shape index (κ1) is 14.5. The van der Waals surface area contributed by atoms with Crippen molar-refractivity contribution in [3.05, 3.63) is 22.2 Å². The molecular formula is C15H22ClNO2. The Balaban J connectivity index is 2.64. The van der Waals surface area contributed by atoms with Crippen molar-refractivity contribution in [3.63, 3.8) is 0 Å². The molecule has 0 aromatic heterocycles. The lowest BCUT2D eigenvalue weighted by Crippen LogP contribution is -2.34. The van der Waals surface area contributed by atoms with E-state index in [4.69, 9.17) is 21.1 Å². The smallest absolute Gasteiger partial charge is 0.179 e. The second kappa shape index (κ2) is 5.59. The standard InChI is InChI=1S/C15H22ClNO2/c1-5-10-11(15(2)7-6-8-17-15)9-12(16)14(19-4)13(10)18-3/h9,17H,5-8H2,1-4H3. The lowest BCUT2D eigenvalue weighted by atomic mass is 9.85. The van der Waals surface area contributed by atoms with Crippen LogP contribution in [0.3, 0.4) is 0 Å². The molecular weight excluding hydrogens is 262 g/mol. The molecule has 106 valence electrons. The minimum atomic E-state index is -0.0193. The van der Waals surface area contributed by atoms with Gasteiger partial charge in [-0.25, -0.2) is 0 Å². The van der Waals surface area contributed by atoms with E-state index in [9.17, 15) is 0 Å². The first-order valence-corrected chi connectivity index (χ1v) is 7.14. The van der Waals surface area contributed by atoms with E-state index in [2.05, 4.69) is 19.2 Å². The van der Waals surface area contributed by atoms with Crippen LogP contribution in [0.4, 0.5) is 0 Å². The summed E-state index contributed by atoms with van der Waals surface area (Å²) in [5.74, 6) is 1.40. The molecule has 0 amide bonds. The van der Waals surface area contributed by atoms with Crippen LogP contribution in [0.1, 0.15) is 37.8 Å². The molecule has 1 aromatic rings. The van der Waals surface area contributed by atoms with Gasteiger partial charge in [0.15, 0.2) is 11.5 Å². The average molecular weight is 284 g/mol. The van der Waals surface area contributed by atoms with Crippen LogP contribution in [0, 0.1) is 0 Å². The van der Waals surface area contributed by atoms with Crippen LogP contribution < -0.4 is 14.8 Å².